The molecule has 2 aromatic rings. The van der Waals surface area contributed by atoms with Gasteiger partial charge in [-0.15, -0.1) is 0 Å². The van der Waals surface area contributed by atoms with Crippen LogP contribution in [-0.2, 0) is 12.0 Å². The Morgan fingerprint density at radius 2 is 1.82 bits per heavy atom. The van der Waals surface area contributed by atoms with E-state index in [1.54, 1.807) is 0 Å². The standard InChI is InChI=1S/C24H28Br2N2/c1-2-14-28(17-19-7-4-3-5-8-19)15-6-13-24(18-27,20-9-10-20)21-11-12-22(25)23(26)16-21/h3-5,7-8,11-12,16,20H,2,6,9-10,13-15,17H2,1H3. The molecule has 0 saturated heterocycles. The van der Waals surface area contributed by atoms with E-state index in [9.17, 15) is 5.26 Å². The minimum atomic E-state index is -0.353. The first kappa shape index (κ1) is 21.6. The lowest BCUT2D eigenvalue weighted by Crippen LogP contribution is -2.30. The average Bonchev–Trinajstić information content (AvgIpc) is 3.54. The number of rotatable bonds is 10. The van der Waals surface area contributed by atoms with Gasteiger partial charge in [-0.2, -0.15) is 5.26 Å². The van der Waals surface area contributed by atoms with Gasteiger partial charge in [0.15, 0.2) is 0 Å². The monoisotopic (exact) mass is 502 g/mol. The third-order valence-electron chi connectivity index (χ3n) is 5.74. The van der Waals surface area contributed by atoms with E-state index >= 15 is 0 Å². The van der Waals surface area contributed by atoms with E-state index < -0.39 is 0 Å². The maximum Gasteiger partial charge on any atom is 0.0851 e. The highest BCUT2D eigenvalue weighted by Gasteiger charge is 2.46. The van der Waals surface area contributed by atoms with Crippen LogP contribution < -0.4 is 0 Å². The van der Waals surface area contributed by atoms with Gasteiger partial charge in [0, 0.05) is 15.5 Å². The predicted octanol–water partition coefficient (Wildman–Crippen LogP) is 7.08. The molecule has 2 nitrogen and oxygen atoms in total. The van der Waals surface area contributed by atoms with E-state index in [0.29, 0.717) is 5.92 Å². The molecule has 1 aliphatic rings. The van der Waals surface area contributed by atoms with Crippen molar-refractivity contribution in [1.29, 1.82) is 5.26 Å². The predicted molar refractivity (Wildman–Crippen MR) is 123 cm³/mol. The first-order chi connectivity index (χ1) is 13.6. The summed E-state index contributed by atoms with van der Waals surface area (Å²) in [6.07, 6.45) is 5.47. The summed E-state index contributed by atoms with van der Waals surface area (Å²) in [5, 5.41) is 10.2. The molecule has 0 N–H and O–H groups in total. The summed E-state index contributed by atoms with van der Waals surface area (Å²) in [5.41, 5.74) is 2.17. The molecule has 4 heteroatoms. The van der Waals surface area contributed by atoms with E-state index in [-0.39, 0.29) is 5.41 Å². The summed E-state index contributed by atoms with van der Waals surface area (Å²) in [7, 11) is 0. The number of halogens is 2. The maximum atomic E-state index is 10.2. The minimum absolute atomic E-state index is 0.353. The van der Waals surface area contributed by atoms with Crippen LogP contribution in [0.25, 0.3) is 0 Å². The number of hydrogen-bond donors (Lipinski definition) is 0. The second-order valence-corrected chi connectivity index (χ2v) is 9.56. The van der Waals surface area contributed by atoms with E-state index in [1.807, 2.05) is 0 Å². The largest absolute Gasteiger partial charge is 0.299 e. The van der Waals surface area contributed by atoms with Crippen molar-refractivity contribution in [3.8, 4) is 6.07 Å². The third kappa shape index (κ3) is 5.26. The Labute approximate surface area is 186 Å². The van der Waals surface area contributed by atoms with Crippen LogP contribution in [0.5, 0.6) is 0 Å². The van der Waals surface area contributed by atoms with Crippen LogP contribution in [0.15, 0.2) is 57.5 Å². The summed E-state index contributed by atoms with van der Waals surface area (Å²) >= 11 is 7.18. The molecule has 2 aromatic carbocycles. The Morgan fingerprint density at radius 3 is 2.43 bits per heavy atom. The molecule has 1 fully saturated rings. The van der Waals surface area contributed by atoms with Gasteiger partial charge in [0.05, 0.1) is 11.5 Å². The van der Waals surface area contributed by atoms with Crippen molar-refractivity contribution in [3.05, 3.63) is 68.6 Å². The lowest BCUT2D eigenvalue weighted by atomic mass is 9.74. The summed E-state index contributed by atoms with van der Waals surface area (Å²) in [6, 6.07) is 19.8. The number of hydrogen-bond acceptors (Lipinski definition) is 2. The van der Waals surface area contributed by atoms with E-state index in [0.717, 1.165) is 53.4 Å². The lowest BCUT2D eigenvalue weighted by molar-refractivity contribution is 0.250. The first-order valence-corrected chi connectivity index (χ1v) is 11.8. The fraction of sp³-hybridized carbons (Fsp3) is 0.458. The Balaban J connectivity index is 1.69. The first-order valence-electron chi connectivity index (χ1n) is 10.2. The molecule has 0 aromatic heterocycles. The Kier molecular flexibility index (Phi) is 7.74. The molecular weight excluding hydrogens is 476 g/mol. The van der Waals surface area contributed by atoms with Crippen molar-refractivity contribution < 1.29 is 0 Å². The van der Waals surface area contributed by atoms with Crippen LogP contribution in [0.1, 0.15) is 50.2 Å². The van der Waals surface area contributed by atoms with E-state index in [4.69, 9.17) is 0 Å². The van der Waals surface area contributed by atoms with Gasteiger partial charge >= 0.3 is 0 Å². The molecule has 1 unspecified atom stereocenters. The Bertz CT molecular complexity index is 811. The fourth-order valence-electron chi connectivity index (χ4n) is 4.15. The van der Waals surface area contributed by atoms with Gasteiger partial charge in [0.1, 0.15) is 0 Å². The molecule has 1 atom stereocenters. The number of nitriles is 1. The molecule has 0 aliphatic heterocycles. The van der Waals surface area contributed by atoms with Crippen LogP contribution in [-0.4, -0.2) is 18.0 Å². The van der Waals surface area contributed by atoms with Crippen LogP contribution in [0, 0.1) is 17.2 Å². The van der Waals surface area contributed by atoms with E-state index in [2.05, 4.69) is 98.3 Å². The Hall–Kier alpha value is -1.15. The molecule has 0 amide bonds. The number of nitrogens with zero attached hydrogens (tertiary/aromatic N) is 2. The van der Waals surface area contributed by atoms with Crippen LogP contribution >= 0.6 is 31.9 Å². The minimum Gasteiger partial charge on any atom is -0.299 e. The second-order valence-electron chi connectivity index (χ2n) is 7.85. The van der Waals surface area contributed by atoms with Crippen molar-refractivity contribution in [2.75, 3.05) is 13.1 Å². The summed E-state index contributed by atoms with van der Waals surface area (Å²) in [4.78, 5) is 2.53. The average molecular weight is 504 g/mol. The van der Waals surface area contributed by atoms with Gasteiger partial charge in [0.25, 0.3) is 0 Å². The maximum absolute atomic E-state index is 10.2. The van der Waals surface area contributed by atoms with Crippen LogP contribution in [0.4, 0.5) is 0 Å². The molecule has 3 rings (SSSR count). The SMILES string of the molecule is CCCN(CCCC(C#N)(c1ccc(Br)c(Br)c1)C1CC1)Cc1ccccc1. The summed E-state index contributed by atoms with van der Waals surface area (Å²) in [6.45, 7) is 5.36. The van der Waals surface area contributed by atoms with Crippen molar-refractivity contribution in [1.82, 2.24) is 4.90 Å². The molecule has 148 valence electrons. The highest BCUT2D eigenvalue weighted by Crippen LogP contribution is 2.50. The summed E-state index contributed by atoms with van der Waals surface area (Å²) in [5.74, 6) is 0.499. The zero-order valence-corrected chi connectivity index (χ0v) is 19.7. The molecule has 1 aliphatic carbocycles. The normalized spacial score (nSPS) is 16.0. The third-order valence-corrected chi connectivity index (χ3v) is 7.62. The lowest BCUT2D eigenvalue weighted by Gasteiger charge is -2.29. The van der Waals surface area contributed by atoms with Crippen molar-refractivity contribution >= 4 is 31.9 Å². The summed E-state index contributed by atoms with van der Waals surface area (Å²) < 4.78 is 2.07. The van der Waals surface area contributed by atoms with Gasteiger partial charge in [-0.3, -0.25) is 4.90 Å². The van der Waals surface area contributed by atoms with Gasteiger partial charge < -0.3 is 0 Å². The molecule has 0 heterocycles. The van der Waals surface area contributed by atoms with Gasteiger partial charge in [-0.05, 0) is 106 Å². The van der Waals surface area contributed by atoms with Crippen LogP contribution in [0.3, 0.4) is 0 Å². The van der Waals surface area contributed by atoms with E-state index in [1.165, 1.54) is 18.4 Å². The molecule has 28 heavy (non-hydrogen) atoms. The van der Waals surface area contributed by atoms with Gasteiger partial charge in [-0.25, -0.2) is 0 Å². The molecular formula is C24H28Br2N2. The zero-order chi connectivity index (χ0) is 20.0. The second kappa shape index (κ2) is 10.1. The smallest absolute Gasteiger partial charge is 0.0851 e. The fourth-order valence-corrected chi connectivity index (χ4v) is 4.78. The molecule has 0 bridgehead atoms. The Morgan fingerprint density at radius 1 is 1.07 bits per heavy atom. The van der Waals surface area contributed by atoms with Gasteiger partial charge in [0.2, 0.25) is 0 Å². The molecule has 0 spiro atoms. The molecule has 0 radical (unpaired) electrons. The highest BCUT2D eigenvalue weighted by atomic mass is 79.9. The van der Waals surface area contributed by atoms with Crippen molar-refractivity contribution in [3.63, 3.8) is 0 Å². The molecule has 1 saturated carbocycles. The quantitative estimate of drug-likeness (QED) is 0.346. The zero-order valence-electron chi connectivity index (χ0n) is 16.5. The topological polar surface area (TPSA) is 27.0 Å². The highest BCUT2D eigenvalue weighted by molar-refractivity contribution is 9.13. The van der Waals surface area contributed by atoms with Crippen LogP contribution in [0.2, 0.25) is 0 Å². The van der Waals surface area contributed by atoms with Crippen molar-refractivity contribution in [2.45, 2.75) is 51.0 Å². The van der Waals surface area contributed by atoms with Crippen molar-refractivity contribution in [2.24, 2.45) is 5.92 Å². The van der Waals surface area contributed by atoms with Gasteiger partial charge in [-0.1, -0.05) is 43.3 Å². The number of benzene rings is 2.